The van der Waals surface area contributed by atoms with Crippen LogP contribution in [0.15, 0.2) is 53.4 Å². The van der Waals surface area contributed by atoms with Crippen molar-refractivity contribution in [2.45, 2.75) is 4.90 Å². The van der Waals surface area contributed by atoms with Crippen LogP contribution in [0.1, 0.15) is 10.4 Å². The summed E-state index contributed by atoms with van der Waals surface area (Å²) in [5.74, 6) is -1.66. The first-order valence-electron chi connectivity index (χ1n) is 5.46. The van der Waals surface area contributed by atoms with E-state index in [4.69, 9.17) is 9.29 Å². The fourth-order valence-electron chi connectivity index (χ4n) is 1.46. The Balaban J connectivity index is 2.31. The average molecular weight is 294 g/mol. The first kappa shape index (κ1) is 13.9. The van der Waals surface area contributed by atoms with E-state index in [0.29, 0.717) is 0 Å². The van der Waals surface area contributed by atoms with Crippen molar-refractivity contribution in [3.63, 3.8) is 0 Å². The number of carbonyl (C=O) groups is 1. The van der Waals surface area contributed by atoms with Crippen molar-refractivity contribution >= 4 is 16.1 Å². The molecule has 0 heterocycles. The molecule has 104 valence electrons. The normalized spacial score (nSPS) is 11.0. The fraction of sp³-hybridized carbons (Fsp3) is 0. The highest BCUT2D eigenvalue weighted by molar-refractivity contribution is 7.87. The van der Waals surface area contributed by atoms with Crippen LogP contribution >= 0.6 is 0 Å². The summed E-state index contributed by atoms with van der Waals surface area (Å²) in [4.78, 5) is 10.5. The number of aromatic hydroxyl groups is 1. The monoisotopic (exact) mass is 294 g/mol. The van der Waals surface area contributed by atoms with Gasteiger partial charge in [-0.05, 0) is 36.4 Å². The summed E-state index contributed by atoms with van der Waals surface area (Å²) in [6.07, 6.45) is 0. The zero-order chi connectivity index (χ0) is 14.8. The number of hydrogen-bond acceptors (Lipinski definition) is 5. The molecule has 2 rings (SSSR count). The summed E-state index contributed by atoms with van der Waals surface area (Å²) in [5, 5.41) is 18.2. The lowest BCUT2D eigenvalue weighted by Crippen LogP contribution is -2.10. The van der Waals surface area contributed by atoms with Crippen LogP contribution < -0.4 is 4.18 Å². The third kappa shape index (κ3) is 2.89. The van der Waals surface area contributed by atoms with Gasteiger partial charge in [-0.1, -0.05) is 12.1 Å². The minimum absolute atomic E-state index is 0.0356. The number of carboxylic acids is 1. The van der Waals surface area contributed by atoms with Crippen LogP contribution in [0.5, 0.6) is 11.5 Å². The van der Waals surface area contributed by atoms with Gasteiger partial charge in [-0.3, -0.25) is 0 Å². The predicted molar refractivity (Wildman–Crippen MR) is 69.3 cm³/mol. The zero-order valence-electron chi connectivity index (χ0n) is 10.1. The zero-order valence-corrected chi connectivity index (χ0v) is 10.9. The molecular formula is C13H10O6S. The highest BCUT2D eigenvalue weighted by Gasteiger charge is 2.18. The highest BCUT2D eigenvalue weighted by atomic mass is 32.2. The Hall–Kier alpha value is -2.54. The molecule has 0 amide bonds. The molecule has 2 aromatic carbocycles. The molecule has 0 spiro atoms. The summed E-state index contributed by atoms with van der Waals surface area (Å²) in [6.45, 7) is 0. The number of phenolic OH excluding ortho intramolecular Hbond substituents is 1. The quantitative estimate of drug-likeness (QED) is 0.835. The van der Waals surface area contributed by atoms with Gasteiger partial charge in [0.25, 0.3) is 0 Å². The molecule has 0 saturated heterocycles. The second-order valence-electron chi connectivity index (χ2n) is 3.83. The van der Waals surface area contributed by atoms with Gasteiger partial charge in [0.15, 0.2) is 11.5 Å². The van der Waals surface area contributed by atoms with E-state index in [9.17, 15) is 18.3 Å². The average Bonchev–Trinajstić information content (AvgIpc) is 2.41. The Labute approximate surface area is 115 Å². The van der Waals surface area contributed by atoms with Crippen LogP contribution in [-0.2, 0) is 10.1 Å². The van der Waals surface area contributed by atoms with Crippen LogP contribution in [0.25, 0.3) is 0 Å². The molecule has 6 nitrogen and oxygen atoms in total. The minimum atomic E-state index is -4.13. The van der Waals surface area contributed by atoms with E-state index >= 15 is 0 Å². The molecule has 20 heavy (non-hydrogen) atoms. The van der Waals surface area contributed by atoms with Crippen molar-refractivity contribution in [3.05, 3.63) is 54.1 Å². The van der Waals surface area contributed by atoms with Gasteiger partial charge in [0.05, 0.1) is 5.56 Å². The van der Waals surface area contributed by atoms with Crippen LogP contribution in [0.4, 0.5) is 0 Å². The van der Waals surface area contributed by atoms with Gasteiger partial charge in [0.2, 0.25) is 0 Å². The maximum Gasteiger partial charge on any atom is 0.339 e. The molecule has 0 aliphatic rings. The minimum Gasteiger partial charge on any atom is -0.504 e. The maximum atomic E-state index is 12.0. The molecule has 0 aromatic heterocycles. The highest BCUT2D eigenvalue weighted by Crippen LogP contribution is 2.27. The van der Waals surface area contributed by atoms with Gasteiger partial charge < -0.3 is 14.4 Å². The largest absolute Gasteiger partial charge is 0.504 e. The van der Waals surface area contributed by atoms with Crippen molar-refractivity contribution in [1.29, 1.82) is 0 Å². The predicted octanol–water partition coefficient (Wildman–Crippen LogP) is 1.86. The Bertz CT molecular complexity index is 734. The Morgan fingerprint density at radius 2 is 1.60 bits per heavy atom. The fourth-order valence-corrected chi connectivity index (χ4v) is 2.40. The third-order valence-corrected chi connectivity index (χ3v) is 3.70. The molecule has 0 aliphatic carbocycles. The third-order valence-electron chi connectivity index (χ3n) is 2.45. The summed E-state index contributed by atoms with van der Waals surface area (Å²) in [5.41, 5.74) is -0.0356. The Morgan fingerprint density at radius 3 is 2.15 bits per heavy atom. The van der Waals surface area contributed by atoms with Crippen LogP contribution in [0.2, 0.25) is 0 Å². The number of phenols is 1. The van der Waals surface area contributed by atoms with E-state index in [1.165, 1.54) is 24.3 Å². The Kier molecular flexibility index (Phi) is 3.62. The molecule has 2 aromatic rings. The standard InChI is InChI=1S/C13H10O6S/c14-11-3-1-2-4-12(11)19-20(17,18)10-7-5-9(6-8-10)13(15)16/h1-8,14H,(H,15,16). The van der Waals surface area contributed by atoms with Crippen LogP contribution in [-0.4, -0.2) is 24.6 Å². The lowest BCUT2D eigenvalue weighted by Gasteiger charge is -2.08. The van der Waals surface area contributed by atoms with Crippen molar-refractivity contribution < 1.29 is 27.6 Å². The van der Waals surface area contributed by atoms with E-state index in [-0.39, 0.29) is 22.0 Å². The molecule has 0 radical (unpaired) electrons. The Morgan fingerprint density at radius 1 is 1.00 bits per heavy atom. The molecule has 0 atom stereocenters. The maximum absolute atomic E-state index is 12.0. The molecule has 0 saturated carbocycles. The number of para-hydroxylation sites is 2. The number of rotatable bonds is 4. The van der Waals surface area contributed by atoms with E-state index in [1.54, 1.807) is 0 Å². The number of aromatic carboxylic acids is 1. The van der Waals surface area contributed by atoms with Gasteiger partial charge in [-0.2, -0.15) is 8.42 Å². The molecule has 0 unspecified atom stereocenters. The van der Waals surface area contributed by atoms with Gasteiger partial charge in [0.1, 0.15) is 4.90 Å². The number of carboxylic acid groups (broad SMARTS) is 1. The van der Waals surface area contributed by atoms with Crippen molar-refractivity contribution in [2.24, 2.45) is 0 Å². The van der Waals surface area contributed by atoms with Crippen molar-refractivity contribution in [2.75, 3.05) is 0 Å². The SMILES string of the molecule is O=C(O)c1ccc(S(=O)(=O)Oc2ccccc2O)cc1. The summed E-state index contributed by atoms with van der Waals surface area (Å²) in [7, 11) is -4.13. The summed E-state index contributed by atoms with van der Waals surface area (Å²) < 4.78 is 28.7. The number of hydrogen-bond donors (Lipinski definition) is 2. The molecule has 2 N–H and O–H groups in total. The van der Waals surface area contributed by atoms with Crippen molar-refractivity contribution in [1.82, 2.24) is 0 Å². The van der Waals surface area contributed by atoms with E-state index in [2.05, 4.69) is 0 Å². The van der Waals surface area contributed by atoms with Crippen LogP contribution in [0, 0.1) is 0 Å². The van der Waals surface area contributed by atoms with E-state index < -0.39 is 16.1 Å². The van der Waals surface area contributed by atoms with Gasteiger partial charge in [0, 0.05) is 0 Å². The molecular weight excluding hydrogens is 284 g/mol. The smallest absolute Gasteiger partial charge is 0.339 e. The second-order valence-corrected chi connectivity index (χ2v) is 5.38. The van der Waals surface area contributed by atoms with E-state index in [1.807, 2.05) is 0 Å². The van der Waals surface area contributed by atoms with Gasteiger partial charge >= 0.3 is 16.1 Å². The summed E-state index contributed by atoms with van der Waals surface area (Å²) >= 11 is 0. The molecule has 0 fully saturated rings. The van der Waals surface area contributed by atoms with Crippen LogP contribution in [0.3, 0.4) is 0 Å². The number of benzene rings is 2. The van der Waals surface area contributed by atoms with E-state index in [0.717, 1.165) is 24.3 Å². The molecule has 0 aliphatic heterocycles. The summed E-state index contributed by atoms with van der Waals surface area (Å²) in [6, 6.07) is 10.2. The first-order valence-corrected chi connectivity index (χ1v) is 6.87. The topological polar surface area (TPSA) is 101 Å². The molecule has 0 bridgehead atoms. The lowest BCUT2D eigenvalue weighted by molar-refractivity contribution is 0.0696. The van der Waals surface area contributed by atoms with Gasteiger partial charge in [-0.15, -0.1) is 0 Å². The first-order chi connectivity index (χ1) is 9.40. The lowest BCUT2D eigenvalue weighted by atomic mass is 10.2. The van der Waals surface area contributed by atoms with Gasteiger partial charge in [-0.25, -0.2) is 4.79 Å². The van der Waals surface area contributed by atoms with Crippen molar-refractivity contribution in [3.8, 4) is 11.5 Å². The second kappa shape index (κ2) is 5.22. The molecule has 7 heteroatoms.